The van der Waals surface area contributed by atoms with Crippen molar-refractivity contribution in [2.24, 2.45) is 11.7 Å². The maximum absolute atomic E-state index is 12.0. The summed E-state index contributed by atoms with van der Waals surface area (Å²) < 4.78 is 6.10. The van der Waals surface area contributed by atoms with E-state index >= 15 is 0 Å². The highest BCUT2D eigenvalue weighted by Gasteiger charge is 2.51. The van der Waals surface area contributed by atoms with Gasteiger partial charge in [0.1, 0.15) is 5.54 Å². The van der Waals surface area contributed by atoms with E-state index < -0.39 is 5.54 Å². The molecule has 0 bridgehead atoms. The van der Waals surface area contributed by atoms with E-state index in [0.29, 0.717) is 12.5 Å². The molecule has 2 rings (SSSR count). The predicted octanol–water partition coefficient (Wildman–Crippen LogP) is 0.729. The van der Waals surface area contributed by atoms with E-state index in [9.17, 15) is 4.79 Å². The molecule has 1 unspecified atom stereocenters. The molecular formula is C15H29N3O2. The number of amides is 1. The van der Waals surface area contributed by atoms with Crippen molar-refractivity contribution in [1.82, 2.24) is 10.2 Å². The first-order chi connectivity index (χ1) is 9.10. The van der Waals surface area contributed by atoms with Gasteiger partial charge in [0.25, 0.3) is 0 Å². The van der Waals surface area contributed by atoms with Gasteiger partial charge in [0.05, 0.1) is 11.2 Å². The van der Waals surface area contributed by atoms with Crippen LogP contribution in [0.25, 0.3) is 0 Å². The van der Waals surface area contributed by atoms with E-state index in [1.165, 1.54) is 0 Å². The van der Waals surface area contributed by atoms with Crippen LogP contribution in [-0.2, 0) is 9.53 Å². The predicted molar refractivity (Wildman–Crippen MR) is 79.4 cm³/mol. The Bertz CT molecular complexity index is 375. The lowest BCUT2D eigenvalue weighted by molar-refractivity contribution is -0.184. The van der Waals surface area contributed by atoms with Crippen molar-refractivity contribution in [1.29, 1.82) is 0 Å². The third kappa shape index (κ3) is 3.15. The summed E-state index contributed by atoms with van der Waals surface area (Å²) in [5.74, 6) is 0.142. The number of nitrogens with two attached hydrogens (primary N) is 1. The summed E-state index contributed by atoms with van der Waals surface area (Å²) in [4.78, 5) is 14.4. The maximum Gasteiger partial charge on any atom is 0.239 e. The molecule has 116 valence electrons. The van der Waals surface area contributed by atoms with Gasteiger partial charge in [-0.05, 0) is 53.5 Å². The fourth-order valence-corrected chi connectivity index (χ4v) is 3.80. The molecule has 1 saturated carbocycles. The van der Waals surface area contributed by atoms with E-state index in [2.05, 4.69) is 37.9 Å². The normalized spacial score (nSPS) is 28.9. The van der Waals surface area contributed by atoms with Crippen LogP contribution in [-0.4, -0.2) is 54.2 Å². The average Bonchev–Trinajstić information content (AvgIpc) is 3.04. The number of morpholine rings is 1. The van der Waals surface area contributed by atoms with Crippen molar-refractivity contribution in [3.05, 3.63) is 0 Å². The third-order valence-corrected chi connectivity index (χ3v) is 4.39. The number of primary amides is 1. The van der Waals surface area contributed by atoms with Crippen LogP contribution in [0, 0.1) is 5.92 Å². The van der Waals surface area contributed by atoms with Gasteiger partial charge in [0, 0.05) is 19.6 Å². The van der Waals surface area contributed by atoms with Gasteiger partial charge in [0.2, 0.25) is 5.91 Å². The Morgan fingerprint density at radius 2 is 1.80 bits per heavy atom. The Morgan fingerprint density at radius 3 is 2.15 bits per heavy atom. The molecule has 20 heavy (non-hydrogen) atoms. The minimum absolute atomic E-state index is 0.206. The summed E-state index contributed by atoms with van der Waals surface area (Å²) >= 11 is 0. The number of rotatable bonds is 5. The van der Waals surface area contributed by atoms with Crippen LogP contribution in [0.1, 0.15) is 40.5 Å². The zero-order valence-corrected chi connectivity index (χ0v) is 13.5. The number of carbonyl (C=O) groups is 1. The first kappa shape index (κ1) is 15.7. The van der Waals surface area contributed by atoms with Gasteiger partial charge in [-0.1, -0.05) is 0 Å². The maximum atomic E-state index is 12.0. The van der Waals surface area contributed by atoms with Crippen molar-refractivity contribution in [3.8, 4) is 0 Å². The molecule has 1 aliphatic carbocycles. The Balaban J connectivity index is 2.16. The lowest BCUT2D eigenvalue weighted by atomic mass is 9.89. The Kier molecular flexibility index (Phi) is 3.91. The van der Waals surface area contributed by atoms with E-state index in [-0.39, 0.29) is 17.1 Å². The molecule has 1 aliphatic heterocycles. The van der Waals surface area contributed by atoms with Crippen LogP contribution in [0.4, 0.5) is 0 Å². The topological polar surface area (TPSA) is 67.6 Å². The molecule has 2 fully saturated rings. The second-order valence-corrected chi connectivity index (χ2v) is 7.63. The highest BCUT2D eigenvalue weighted by atomic mass is 16.5. The molecule has 0 aromatic rings. The second-order valence-electron chi connectivity index (χ2n) is 7.63. The average molecular weight is 283 g/mol. The molecule has 1 saturated heterocycles. The zero-order valence-electron chi connectivity index (χ0n) is 13.5. The molecule has 1 amide bonds. The van der Waals surface area contributed by atoms with E-state index in [4.69, 9.17) is 10.5 Å². The first-order valence-electron chi connectivity index (χ1n) is 7.52. The number of ether oxygens (including phenoxy) is 1. The van der Waals surface area contributed by atoms with Gasteiger partial charge >= 0.3 is 0 Å². The molecule has 0 aromatic carbocycles. The van der Waals surface area contributed by atoms with Crippen LogP contribution in [0.2, 0.25) is 0 Å². The largest absolute Gasteiger partial charge is 0.368 e. The van der Waals surface area contributed by atoms with E-state index in [0.717, 1.165) is 25.9 Å². The summed E-state index contributed by atoms with van der Waals surface area (Å²) in [6.07, 6.45) is 2.17. The van der Waals surface area contributed by atoms with Gasteiger partial charge < -0.3 is 15.8 Å². The summed E-state index contributed by atoms with van der Waals surface area (Å²) in [7, 11) is 1.85. The van der Waals surface area contributed by atoms with Crippen molar-refractivity contribution < 1.29 is 9.53 Å². The number of carbonyl (C=O) groups excluding carboxylic acids is 1. The number of nitrogens with one attached hydrogen (secondary N) is 1. The number of likely N-dealkylation sites (N-methyl/N-ethyl adjacent to an activating group) is 1. The molecule has 0 radical (unpaired) electrons. The van der Waals surface area contributed by atoms with Crippen LogP contribution >= 0.6 is 0 Å². The fourth-order valence-electron chi connectivity index (χ4n) is 3.80. The van der Waals surface area contributed by atoms with Gasteiger partial charge in [0.15, 0.2) is 0 Å². The quantitative estimate of drug-likeness (QED) is 0.780. The minimum atomic E-state index is -0.594. The first-order valence-corrected chi connectivity index (χ1v) is 7.52. The van der Waals surface area contributed by atoms with Crippen LogP contribution < -0.4 is 11.1 Å². The van der Waals surface area contributed by atoms with Crippen LogP contribution in [0.5, 0.6) is 0 Å². The van der Waals surface area contributed by atoms with Crippen molar-refractivity contribution in [2.45, 2.75) is 57.3 Å². The van der Waals surface area contributed by atoms with E-state index in [1.807, 2.05) is 7.05 Å². The molecule has 2 aliphatic rings. The fraction of sp³-hybridized carbons (Fsp3) is 0.933. The summed E-state index contributed by atoms with van der Waals surface area (Å²) in [5, 5.41) is 3.22. The molecular weight excluding hydrogens is 254 g/mol. The summed E-state index contributed by atoms with van der Waals surface area (Å²) in [5.41, 5.74) is 4.71. The monoisotopic (exact) mass is 283 g/mol. The number of hydrogen-bond acceptors (Lipinski definition) is 4. The standard InChI is InChI=1S/C15H29N3O2/c1-13(2)8-18(9-14(3,4)20-13)10-15(17-5,12(16)19)11-6-7-11/h11,17H,6-10H2,1-5H3,(H2,16,19). The SMILES string of the molecule is CNC(CN1CC(C)(C)OC(C)(C)C1)(C(N)=O)C1CC1. The number of nitrogens with zero attached hydrogens (tertiary/aromatic N) is 1. The highest BCUT2D eigenvalue weighted by molar-refractivity contribution is 5.86. The Morgan fingerprint density at radius 1 is 1.30 bits per heavy atom. The molecule has 0 aromatic heterocycles. The highest BCUT2D eigenvalue weighted by Crippen LogP contribution is 2.41. The van der Waals surface area contributed by atoms with Crippen molar-refractivity contribution >= 4 is 5.91 Å². The minimum Gasteiger partial charge on any atom is -0.368 e. The Hall–Kier alpha value is -0.650. The zero-order chi connectivity index (χ0) is 15.2. The summed E-state index contributed by atoms with van der Waals surface area (Å²) in [6.45, 7) is 10.7. The molecule has 1 atom stereocenters. The van der Waals surface area contributed by atoms with Crippen molar-refractivity contribution in [2.75, 3.05) is 26.7 Å². The van der Waals surface area contributed by atoms with Gasteiger partial charge in [-0.2, -0.15) is 0 Å². The van der Waals surface area contributed by atoms with Gasteiger partial charge in [-0.25, -0.2) is 0 Å². The third-order valence-electron chi connectivity index (χ3n) is 4.39. The van der Waals surface area contributed by atoms with Gasteiger partial charge in [-0.15, -0.1) is 0 Å². The molecule has 5 nitrogen and oxygen atoms in total. The lowest BCUT2D eigenvalue weighted by Gasteiger charge is -2.49. The van der Waals surface area contributed by atoms with E-state index in [1.54, 1.807) is 0 Å². The molecule has 3 N–H and O–H groups in total. The summed E-state index contributed by atoms with van der Waals surface area (Å²) in [6, 6.07) is 0. The van der Waals surface area contributed by atoms with Gasteiger partial charge in [-0.3, -0.25) is 9.69 Å². The second kappa shape index (κ2) is 4.97. The molecule has 1 heterocycles. The smallest absolute Gasteiger partial charge is 0.239 e. The molecule has 5 heteroatoms. The van der Waals surface area contributed by atoms with Crippen LogP contribution in [0.3, 0.4) is 0 Å². The Labute approximate surface area is 122 Å². The van der Waals surface area contributed by atoms with Crippen LogP contribution in [0.15, 0.2) is 0 Å². The lowest BCUT2D eigenvalue weighted by Crippen LogP contribution is -2.66. The van der Waals surface area contributed by atoms with Crippen molar-refractivity contribution in [3.63, 3.8) is 0 Å². The molecule has 0 spiro atoms. The number of hydrogen-bond donors (Lipinski definition) is 2.